The number of halogens is 1. The van der Waals surface area contributed by atoms with Crippen LogP contribution in [0.4, 0.5) is 5.69 Å². The second-order valence-corrected chi connectivity index (χ2v) is 5.81. The standard InChI is InChI=1S/C11H11ClN2O3S/c12-9-1-2-11(10(13)5-9)18(15,16)14-6-8-3-4-17-7-8/h1-5,7,14H,6,13H2. The van der Waals surface area contributed by atoms with Gasteiger partial charge in [0.1, 0.15) is 4.90 Å². The zero-order valence-electron chi connectivity index (χ0n) is 9.26. The monoisotopic (exact) mass is 286 g/mol. The van der Waals surface area contributed by atoms with Crippen molar-refractivity contribution >= 4 is 27.3 Å². The summed E-state index contributed by atoms with van der Waals surface area (Å²) >= 11 is 5.72. The summed E-state index contributed by atoms with van der Waals surface area (Å²) in [5.41, 5.74) is 6.48. The van der Waals surface area contributed by atoms with Crippen LogP contribution in [-0.2, 0) is 16.6 Å². The van der Waals surface area contributed by atoms with Gasteiger partial charge in [0.05, 0.1) is 18.2 Å². The third kappa shape index (κ3) is 2.84. The lowest BCUT2D eigenvalue weighted by molar-refractivity contribution is 0.561. The van der Waals surface area contributed by atoms with Crippen LogP contribution in [0.2, 0.25) is 5.02 Å². The minimum absolute atomic E-state index is 0.00962. The lowest BCUT2D eigenvalue weighted by Gasteiger charge is -2.08. The number of nitrogens with two attached hydrogens (primary N) is 1. The molecule has 0 bridgehead atoms. The highest BCUT2D eigenvalue weighted by Crippen LogP contribution is 2.22. The molecule has 0 saturated heterocycles. The molecule has 5 nitrogen and oxygen atoms in total. The summed E-state index contributed by atoms with van der Waals surface area (Å²) in [6.45, 7) is 0.140. The van der Waals surface area contributed by atoms with Crippen LogP contribution in [0.5, 0.6) is 0 Å². The number of benzene rings is 1. The molecule has 0 spiro atoms. The molecule has 2 rings (SSSR count). The summed E-state index contributed by atoms with van der Waals surface area (Å²) in [5, 5.41) is 0.390. The van der Waals surface area contributed by atoms with Gasteiger partial charge in [0.15, 0.2) is 0 Å². The highest BCUT2D eigenvalue weighted by molar-refractivity contribution is 7.89. The van der Waals surface area contributed by atoms with Crippen molar-refractivity contribution < 1.29 is 12.8 Å². The molecule has 1 heterocycles. The third-order valence-electron chi connectivity index (χ3n) is 2.31. The molecular formula is C11H11ClN2O3S. The average molecular weight is 287 g/mol. The minimum Gasteiger partial charge on any atom is -0.472 e. The van der Waals surface area contributed by atoms with E-state index in [9.17, 15) is 8.42 Å². The minimum atomic E-state index is -3.66. The molecule has 0 amide bonds. The first kappa shape index (κ1) is 12.9. The maximum atomic E-state index is 12.0. The fourth-order valence-corrected chi connectivity index (χ4v) is 2.72. The number of furan rings is 1. The maximum absolute atomic E-state index is 12.0. The van der Waals surface area contributed by atoms with Crippen molar-refractivity contribution in [1.29, 1.82) is 0 Å². The molecule has 3 N–H and O–H groups in total. The number of anilines is 1. The van der Waals surface area contributed by atoms with Crippen molar-refractivity contribution in [2.45, 2.75) is 11.4 Å². The molecule has 96 valence electrons. The molecule has 18 heavy (non-hydrogen) atoms. The summed E-state index contributed by atoms with van der Waals surface area (Å²) in [6.07, 6.45) is 2.94. The molecule has 0 saturated carbocycles. The van der Waals surface area contributed by atoms with Crippen LogP contribution >= 0.6 is 11.6 Å². The highest BCUT2D eigenvalue weighted by atomic mass is 35.5. The van der Waals surface area contributed by atoms with E-state index in [1.807, 2.05) is 0 Å². The molecule has 0 aliphatic carbocycles. The molecule has 0 atom stereocenters. The first-order chi connectivity index (χ1) is 8.49. The van der Waals surface area contributed by atoms with E-state index in [2.05, 4.69) is 4.72 Å². The van der Waals surface area contributed by atoms with Gasteiger partial charge in [-0.15, -0.1) is 0 Å². The van der Waals surface area contributed by atoms with E-state index < -0.39 is 10.0 Å². The van der Waals surface area contributed by atoms with Crippen LogP contribution in [0.25, 0.3) is 0 Å². The Balaban J connectivity index is 2.20. The summed E-state index contributed by atoms with van der Waals surface area (Å²) in [5.74, 6) is 0. The Morgan fingerprint density at radius 2 is 2.11 bits per heavy atom. The van der Waals surface area contributed by atoms with Gasteiger partial charge < -0.3 is 10.2 Å². The van der Waals surface area contributed by atoms with Gasteiger partial charge in [0.25, 0.3) is 0 Å². The fraction of sp³-hybridized carbons (Fsp3) is 0.0909. The van der Waals surface area contributed by atoms with Crippen molar-refractivity contribution in [3.05, 3.63) is 47.4 Å². The van der Waals surface area contributed by atoms with Crippen LogP contribution in [0.1, 0.15) is 5.56 Å². The van der Waals surface area contributed by atoms with Gasteiger partial charge >= 0.3 is 0 Å². The molecule has 2 aromatic rings. The largest absolute Gasteiger partial charge is 0.472 e. The summed E-state index contributed by atoms with van der Waals surface area (Å²) in [6, 6.07) is 5.92. The molecule has 0 radical (unpaired) electrons. The van der Waals surface area contributed by atoms with E-state index in [-0.39, 0.29) is 17.1 Å². The fourth-order valence-electron chi connectivity index (χ4n) is 1.41. The number of nitrogen functional groups attached to an aromatic ring is 1. The predicted octanol–water partition coefficient (Wildman–Crippen LogP) is 1.99. The van der Waals surface area contributed by atoms with Crippen molar-refractivity contribution in [3.8, 4) is 0 Å². The van der Waals surface area contributed by atoms with Crippen molar-refractivity contribution in [1.82, 2.24) is 4.72 Å². The van der Waals surface area contributed by atoms with Gasteiger partial charge in [-0.05, 0) is 24.3 Å². The second kappa shape index (κ2) is 5.01. The van der Waals surface area contributed by atoms with Crippen LogP contribution in [0, 0.1) is 0 Å². The van der Waals surface area contributed by atoms with Gasteiger partial charge in [0.2, 0.25) is 10.0 Å². The summed E-state index contributed by atoms with van der Waals surface area (Å²) in [7, 11) is -3.66. The van der Waals surface area contributed by atoms with E-state index >= 15 is 0 Å². The number of hydrogen-bond donors (Lipinski definition) is 2. The third-order valence-corrected chi connectivity index (χ3v) is 4.02. The molecule has 0 aliphatic rings. The van der Waals surface area contributed by atoms with E-state index in [4.69, 9.17) is 21.8 Å². The quantitative estimate of drug-likeness (QED) is 0.842. The van der Waals surface area contributed by atoms with Gasteiger partial charge in [-0.3, -0.25) is 0 Å². The van der Waals surface area contributed by atoms with Crippen LogP contribution < -0.4 is 10.5 Å². The molecule has 0 unspecified atom stereocenters. The Morgan fingerprint density at radius 1 is 1.33 bits per heavy atom. The first-order valence-electron chi connectivity index (χ1n) is 5.05. The molecule has 1 aromatic carbocycles. The first-order valence-corrected chi connectivity index (χ1v) is 6.91. The topological polar surface area (TPSA) is 85.3 Å². The Kier molecular flexibility index (Phi) is 3.60. The van der Waals surface area contributed by atoms with Gasteiger partial charge in [-0.2, -0.15) is 0 Å². The Bertz CT molecular complexity index is 638. The Labute approximate surface area is 110 Å². The Hall–Kier alpha value is -1.50. The number of sulfonamides is 1. The van der Waals surface area contributed by atoms with E-state index in [1.165, 1.54) is 30.7 Å². The van der Waals surface area contributed by atoms with E-state index in [0.717, 1.165) is 5.56 Å². The summed E-state index contributed by atoms with van der Waals surface area (Å²) < 4.78 is 31.3. The molecular weight excluding hydrogens is 276 g/mol. The van der Waals surface area contributed by atoms with E-state index in [1.54, 1.807) is 6.07 Å². The zero-order chi connectivity index (χ0) is 13.2. The highest BCUT2D eigenvalue weighted by Gasteiger charge is 2.17. The van der Waals surface area contributed by atoms with E-state index in [0.29, 0.717) is 5.02 Å². The van der Waals surface area contributed by atoms with Crippen LogP contribution in [0.3, 0.4) is 0 Å². The van der Waals surface area contributed by atoms with Gasteiger partial charge in [-0.1, -0.05) is 11.6 Å². The van der Waals surface area contributed by atoms with Crippen molar-refractivity contribution in [2.24, 2.45) is 0 Å². The van der Waals surface area contributed by atoms with Crippen molar-refractivity contribution in [2.75, 3.05) is 5.73 Å². The number of hydrogen-bond acceptors (Lipinski definition) is 4. The Morgan fingerprint density at radius 3 is 2.72 bits per heavy atom. The summed E-state index contributed by atoms with van der Waals surface area (Å²) in [4.78, 5) is 0.00962. The maximum Gasteiger partial charge on any atom is 0.242 e. The normalized spacial score (nSPS) is 11.6. The lowest BCUT2D eigenvalue weighted by Crippen LogP contribution is -2.23. The molecule has 0 fully saturated rings. The number of rotatable bonds is 4. The van der Waals surface area contributed by atoms with Crippen LogP contribution in [-0.4, -0.2) is 8.42 Å². The second-order valence-electron chi connectivity index (χ2n) is 3.64. The van der Waals surface area contributed by atoms with Gasteiger partial charge in [0, 0.05) is 17.1 Å². The van der Waals surface area contributed by atoms with Crippen LogP contribution in [0.15, 0.2) is 46.1 Å². The van der Waals surface area contributed by atoms with Gasteiger partial charge in [-0.25, -0.2) is 13.1 Å². The smallest absolute Gasteiger partial charge is 0.242 e. The lowest BCUT2D eigenvalue weighted by atomic mass is 10.3. The average Bonchev–Trinajstić information content (AvgIpc) is 2.78. The van der Waals surface area contributed by atoms with Crippen molar-refractivity contribution in [3.63, 3.8) is 0 Å². The molecule has 0 aliphatic heterocycles. The predicted molar refractivity (Wildman–Crippen MR) is 68.6 cm³/mol. The number of nitrogens with one attached hydrogen (secondary N) is 1. The SMILES string of the molecule is Nc1cc(Cl)ccc1S(=O)(=O)NCc1ccoc1. The zero-order valence-corrected chi connectivity index (χ0v) is 10.8. The molecule has 7 heteroatoms. The molecule has 1 aromatic heterocycles.